The molecule has 47 heavy (non-hydrogen) atoms. The number of carbonyl (C=O) groups is 4. The molecule has 3 atom stereocenters. The summed E-state index contributed by atoms with van der Waals surface area (Å²) in [6.45, 7) is 4.19. The molecule has 0 aliphatic heterocycles. The van der Waals surface area contributed by atoms with Crippen molar-refractivity contribution in [2.75, 3.05) is 20.6 Å². The zero-order valence-corrected chi connectivity index (χ0v) is 28.0. The minimum atomic E-state index is -0.988. The predicted molar refractivity (Wildman–Crippen MR) is 187 cm³/mol. The summed E-state index contributed by atoms with van der Waals surface area (Å²) in [5.41, 5.74) is 18.5. The van der Waals surface area contributed by atoms with Gasteiger partial charge in [-0.25, -0.2) is 0 Å². The molecule has 0 radical (unpaired) electrons. The standard InChI is InChI=1S/C37H50N6O4/c1-37(2,40)21-12-18-33(44)42(3)32(25-27-19-20-28-15-8-9-16-29(28)23-27)36(47)43(4)31(24-26-13-6-5-7-14-26)35(46)41-30(34(39)45)17-10-11-22-38/h5-9,12-16,18-20,23,30-32H,10-11,17,21-22,24-25,38,40H2,1-4H3,(H2,39,45)(H,41,46)/b18-12+/t30-,31-,32-/m0/s1. The van der Waals surface area contributed by atoms with Crippen LogP contribution in [0.15, 0.2) is 84.9 Å². The lowest BCUT2D eigenvalue weighted by Crippen LogP contribution is -2.58. The van der Waals surface area contributed by atoms with E-state index in [1.54, 1.807) is 20.2 Å². The number of carbonyl (C=O) groups excluding carboxylic acids is 4. The molecule has 0 aliphatic carbocycles. The number of nitrogens with two attached hydrogens (primary N) is 3. The van der Waals surface area contributed by atoms with Crippen LogP contribution in [0.25, 0.3) is 10.8 Å². The average molecular weight is 643 g/mol. The van der Waals surface area contributed by atoms with Crippen LogP contribution < -0.4 is 22.5 Å². The van der Waals surface area contributed by atoms with Crippen LogP contribution in [0.5, 0.6) is 0 Å². The number of nitrogens with zero attached hydrogens (tertiary/aromatic N) is 2. The molecule has 0 bridgehead atoms. The first-order valence-corrected chi connectivity index (χ1v) is 16.1. The van der Waals surface area contributed by atoms with E-state index in [9.17, 15) is 19.2 Å². The monoisotopic (exact) mass is 642 g/mol. The highest BCUT2D eigenvalue weighted by Crippen LogP contribution is 2.20. The maximum Gasteiger partial charge on any atom is 0.246 e. The van der Waals surface area contributed by atoms with Crippen molar-refractivity contribution < 1.29 is 19.2 Å². The first-order valence-electron chi connectivity index (χ1n) is 16.1. The van der Waals surface area contributed by atoms with E-state index >= 15 is 0 Å². The van der Waals surface area contributed by atoms with Gasteiger partial charge in [-0.05, 0) is 74.1 Å². The maximum absolute atomic E-state index is 14.5. The van der Waals surface area contributed by atoms with Crippen molar-refractivity contribution in [1.82, 2.24) is 15.1 Å². The van der Waals surface area contributed by atoms with Crippen molar-refractivity contribution in [2.24, 2.45) is 17.2 Å². The molecule has 4 amide bonds. The van der Waals surface area contributed by atoms with Crippen molar-refractivity contribution in [3.8, 4) is 0 Å². The first kappa shape index (κ1) is 36.9. The van der Waals surface area contributed by atoms with Crippen molar-refractivity contribution in [3.05, 3.63) is 96.1 Å². The number of rotatable bonds is 17. The van der Waals surface area contributed by atoms with Gasteiger partial charge in [-0.3, -0.25) is 19.2 Å². The summed E-state index contributed by atoms with van der Waals surface area (Å²) in [4.78, 5) is 56.8. The van der Waals surface area contributed by atoms with Gasteiger partial charge < -0.3 is 32.3 Å². The van der Waals surface area contributed by atoms with E-state index in [1.807, 2.05) is 86.6 Å². The van der Waals surface area contributed by atoms with Crippen LogP contribution >= 0.6 is 0 Å². The normalized spacial score (nSPS) is 13.6. The summed E-state index contributed by atoms with van der Waals surface area (Å²) >= 11 is 0. The lowest BCUT2D eigenvalue weighted by Gasteiger charge is -2.35. The maximum atomic E-state index is 14.5. The fourth-order valence-corrected chi connectivity index (χ4v) is 5.39. The van der Waals surface area contributed by atoms with E-state index in [0.717, 1.165) is 21.9 Å². The van der Waals surface area contributed by atoms with Gasteiger partial charge in [-0.15, -0.1) is 0 Å². The van der Waals surface area contributed by atoms with E-state index in [4.69, 9.17) is 17.2 Å². The second kappa shape index (κ2) is 17.4. The van der Waals surface area contributed by atoms with Crippen molar-refractivity contribution in [2.45, 2.75) is 76.0 Å². The van der Waals surface area contributed by atoms with E-state index < -0.39 is 41.4 Å². The van der Waals surface area contributed by atoms with Crippen LogP contribution in [0.1, 0.15) is 50.7 Å². The van der Waals surface area contributed by atoms with Crippen molar-refractivity contribution >= 4 is 34.4 Å². The smallest absolute Gasteiger partial charge is 0.246 e. The number of nitrogens with one attached hydrogen (secondary N) is 1. The molecule has 3 aromatic carbocycles. The predicted octanol–water partition coefficient (Wildman–Crippen LogP) is 3.06. The average Bonchev–Trinajstić information content (AvgIpc) is 3.04. The van der Waals surface area contributed by atoms with Crippen LogP contribution in [0, 0.1) is 0 Å². The topological polar surface area (TPSA) is 165 Å². The third-order valence-corrected chi connectivity index (χ3v) is 8.24. The van der Waals surface area contributed by atoms with Crippen LogP contribution in [-0.2, 0) is 32.0 Å². The van der Waals surface area contributed by atoms with Gasteiger partial charge in [0.25, 0.3) is 0 Å². The summed E-state index contributed by atoms with van der Waals surface area (Å²) in [5.74, 6) is -1.95. The number of amides is 4. The molecule has 252 valence electrons. The molecule has 0 aliphatic rings. The molecular weight excluding hydrogens is 592 g/mol. The second-order valence-corrected chi connectivity index (χ2v) is 12.8. The van der Waals surface area contributed by atoms with Crippen LogP contribution in [-0.4, -0.2) is 77.7 Å². The Bertz CT molecular complexity index is 1530. The third-order valence-electron chi connectivity index (χ3n) is 8.24. The zero-order chi connectivity index (χ0) is 34.6. The summed E-state index contributed by atoms with van der Waals surface area (Å²) in [6, 6.07) is 20.3. The van der Waals surface area contributed by atoms with Gasteiger partial charge in [0.2, 0.25) is 23.6 Å². The summed E-state index contributed by atoms with van der Waals surface area (Å²) in [7, 11) is 3.15. The lowest BCUT2D eigenvalue weighted by atomic mass is 9.98. The molecule has 0 fully saturated rings. The van der Waals surface area contributed by atoms with Crippen LogP contribution in [0.3, 0.4) is 0 Å². The number of primary amides is 1. The highest BCUT2D eigenvalue weighted by atomic mass is 16.2. The Hall–Kier alpha value is -4.54. The first-order chi connectivity index (χ1) is 22.3. The van der Waals surface area contributed by atoms with Gasteiger partial charge in [0.15, 0.2) is 0 Å². The molecule has 0 aromatic heterocycles. The minimum absolute atomic E-state index is 0.190. The number of hydrogen-bond acceptors (Lipinski definition) is 6. The molecular formula is C37H50N6O4. The number of unbranched alkanes of at least 4 members (excludes halogenated alkanes) is 1. The molecule has 7 N–H and O–H groups in total. The van der Waals surface area contributed by atoms with Crippen molar-refractivity contribution in [1.29, 1.82) is 0 Å². The second-order valence-electron chi connectivity index (χ2n) is 12.8. The fourth-order valence-electron chi connectivity index (χ4n) is 5.39. The molecule has 3 aromatic rings. The Balaban J connectivity index is 1.97. The minimum Gasteiger partial charge on any atom is -0.368 e. The van der Waals surface area contributed by atoms with Gasteiger partial charge >= 0.3 is 0 Å². The van der Waals surface area contributed by atoms with E-state index in [1.165, 1.54) is 15.9 Å². The van der Waals surface area contributed by atoms with Gasteiger partial charge in [-0.2, -0.15) is 0 Å². The molecule has 10 heteroatoms. The van der Waals surface area contributed by atoms with E-state index in [0.29, 0.717) is 32.2 Å². The molecule has 0 heterocycles. The van der Waals surface area contributed by atoms with Crippen LogP contribution in [0.4, 0.5) is 0 Å². The van der Waals surface area contributed by atoms with Crippen molar-refractivity contribution in [3.63, 3.8) is 0 Å². The summed E-state index contributed by atoms with van der Waals surface area (Å²) in [6.07, 6.45) is 5.65. The van der Waals surface area contributed by atoms with Gasteiger partial charge in [-0.1, -0.05) is 78.9 Å². The molecule has 10 nitrogen and oxygen atoms in total. The highest BCUT2D eigenvalue weighted by molar-refractivity contribution is 5.96. The van der Waals surface area contributed by atoms with E-state index in [-0.39, 0.29) is 18.7 Å². The summed E-state index contributed by atoms with van der Waals surface area (Å²) < 4.78 is 0. The zero-order valence-electron chi connectivity index (χ0n) is 28.0. The molecule has 0 saturated heterocycles. The fraction of sp³-hybridized carbons (Fsp3) is 0.405. The molecule has 0 saturated carbocycles. The van der Waals surface area contributed by atoms with Gasteiger partial charge in [0, 0.05) is 32.5 Å². The Morgan fingerprint density at radius 3 is 2.11 bits per heavy atom. The number of benzene rings is 3. The summed E-state index contributed by atoms with van der Waals surface area (Å²) in [5, 5.41) is 4.85. The SMILES string of the molecule is CN(C(=O)/C=C/CC(C)(C)N)[C@@H](Cc1ccc2ccccc2c1)C(=O)N(C)[C@@H](Cc1ccccc1)C(=O)N[C@@H](CCCCN)C(N)=O. The Labute approximate surface area is 278 Å². The number of fused-ring (bicyclic) bond motifs is 1. The van der Waals surface area contributed by atoms with E-state index in [2.05, 4.69) is 5.32 Å². The molecule has 3 rings (SSSR count). The Morgan fingerprint density at radius 1 is 0.830 bits per heavy atom. The van der Waals surface area contributed by atoms with Gasteiger partial charge in [0.1, 0.15) is 18.1 Å². The number of hydrogen-bond donors (Lipinski definition) is 4. The van der Waals surface area contributed by atoms with Crippen LogP contribution in [0.2, 0.25) is 0 Å². The van der Waals surface area contributed by atoms with Gasteiger partial charge in [0.05, 0.1) is 0 Å². The number of likely N-dealkylation sites (N-methyl/N-ethyl adjacent to an activating group) is 2. The largest absolute Gasteiger partial charge is 0.368 e. The molecule has 0 unspecified atom stereocenters. The third kappa shape index (κ3) is 11.3. The lowest BCUT2D eigenvalue weighted by molar-refractivity contribution is -0.146. The quantitative estimate of drug-likeness (QED) is 0.131. The Kier molecular flexibility index (Phi) is 13.7. The molecule has 0 spiro atoms. The Morgan fingerprint density at radius 2 is 1.47 bits per heavy atom. The highest BCUT2D eigenvalue weighted by Gasteiger charge is 2.36.